The van der Waals surface area contributed by atoms with Crippen LogP contribution in [-0.2, 0) is 10.1 Å². The summed E-state index contributed by atoms with van der Waals surface area (Å²) in [7, 11) is -4.20. The van der Waals surface area contributed by atoms with Crippen LogP contribution in [0.25, 0.3) is 6.08 Å². The van der Waals surface area contributed by atoms with Crippen LogP contribution in [0.1, 0.15) is 15.9 Å². The first kappa shape index (κ1) is 18.8. The van der Waals surface area contributed by atoms with Gasteiger partial charge in [0.1, 0.15) is 28.0 Å². The van der Waals surface area contributed by atoms with Crippen molar-refractivity contribution in [2.45, 2.75) is 4.90 Å². The highest BCUT2D eigenvalue weighted by Crippen LogP contribution is 2.35. The molecule has 0 aliphatic carbocycles. The number of allylic oxidation sites excluding steroid dienone is 1. The van der Waals surface area contributed by atoms with Crippen LogP contribution in [0, 0.1) is 11.6 Å². The van der Waals surface area contributed by atoms with Crippen LogP contribution in [0.5, 0.6) is 11.5 Å². The SMILES string of the molecule is O=C1/C(=C\c2ccccc2F)Oc2cc(OS(=O)(=O)c3ccc(F)cc3)ccc21. The van der Waals surface area contributed by atoms with Crippen LogP contribution < -0.4 is 8.92 Å². The van der Waals surface area contributed by atoms with Gasteiger partial charge in [0.15, 0.2) is 5.76 Å². The standard InChI is InChI=1S/C21H12F2O5S/c22-14-5-8-16(9-6-14)29(25,26)28-15-7-10-17-19(12-15)27-20(21(17)24)11-13-3-1-2-4-18(13)23/h1-12H/b20-11+. The van der Waals surface area contributed by atoms with Crippen molar-refractivity contribution >= 4 is 22.0 Å². The molecule has 0 spiro atoms. The van der Waals surface area contributed by atoms with Gasteiger partial charge in [-0.05, 0) is 48.5 Å². The lowest BCUT2D eigenvalue weighted by Crippen LogP contribution is -2.09. The normalized spacial score (nSPS) is 14.6. The molecule has 0 radical (unpaired) electrons. The van der Waals surface area contributed by atoms with Gasteiger partial charge in [0, 0.05) is 11.6 Å². The van der Waals surface area contributed by atoms with E-state index >= 15 is 0 Å². The molecule has 0 atom stereocenters. The molecule has 4 rings (SSSR count). The fraction of sp³-hybridized carbons (Fsp3) is 0. The van der Waals surface area contributed by atoms with Gasteiger partial charge in [-0.3, -0.25) is 4.79 Å². The number of halogens is 2. The molecule has 5 nitrogen and oxygen atoms in total. The molecule has 1 aliphatic heterocycles. The lowest BCUT2D eigenvalue weighted by molar-refractivity contribution is 0.101. The first-order valence-electron chi connectivity index (χ1n) is 8.36. The number of hydrogen-bond acceptors (Lipinski definition) is 5. The van der Waals surface area contributed by atoms with Gasteiger partial charge in [-0.15, -0.1) is 0 Å². The summed E-state index contributed by atoms with van der Waals surface area (Å²) in [5.41, 5.74) is 0.373. The van der Waals surface area contributed by atoms with Gasteiger partial charge in [0.2, 0.25) is 5.78 Å². The first-order chi connectivity index (χ1) is 13.8. The van der Waals surface area contributed by atoms with Crippen LogP contribution in [0.4, 0.5) is 8.78 Å². The van der Waals surface area contributed by atoms with Crippen molar-refractivity contribution in [3.63, 3.8) is 0 Å². The zero-order valence-electron chi connectivity index (χ0n) is 14.6. The molecular weight excluding hydrogens is 402 g/mol. The van der Waals surface area contributed by atoms with Gasteiger partial charge in [0.25, 0.3) is 0 Å². The number of carbonyl (C=O) groups is 1. The summed E-state index contributed by atoms with van der Waals surface area (Å²) in [4.78, 5) is 12.2. The highest BCUT2D eigenvalue weighted by atomic mass is 32.2. The highest BCUT2D eigenvalue weighted by molar-refractivity contribution is 7.87. The van der Waals surface area contributed by atoms with E-state index in [0.717, 1.165) is 24.3 Å². The summed E-state index contributed by atoms with van der Waals surface area (Å²) in [5, 5.41) is 0. The summed E-state index contributed by atoms with van der Waals surface area (Å²) in [6.07, 6.45) is 1.27. The molecule has 146 valence electrons. The van der Waals surface area contributed by atoms with E-state index < -0.39 is 27.5 Å². The van der Waals surface area contributed by atoms with E-state index in [1.807, 2.05) is 0 Å². The molecule has 1 heterocycles. The Labute approximate surface area is 164 Å². The summed E-state index contributed by atoms with van der Waals surface area (Å²) in [6.45, 7) is 0. The number of rotatable bonds is 4. The third-order valence-corrected chi connectivity index (χ3v) is 5.40. The molecular formula is C21H12F2O5S. The van der Waals surface area contributed by atoms with Crippen LogP contribution >= 0.6 is 0 Å². The maximum Gasteiger partial charge on any atom is 0.339 e. The number of ketones is 1. The Balaban J connectivity index is 1.61. The number of fused-ring (bicyclic) bond motifs is 1. The van der Waals surface area contributed by atoms with Crippen LogP contribution in [0.3, 0.4) is 0 Å². The van der Waals surface area contributed by atoms with Crippen molar-refractivity contribution in [2.24, 2.45) is 0 Å². The van der Waals surface area contributed by atoms with E-state index in [1.165, 1.54) is 42.5 Å². The first-order valence-corrected chi connectivity index (χ1v) is 9.77. The molecule has 0 N–H and O–H groups in total. The number of carbonyl (C=O) groups excluding carboxylic acids is 1. The predicted octanol–water partition coefficient (Wildman–Crippen LogP) is 4.35. The summed E-state index contributed by atoms with van der Waals surface area (Å²) >= 11 is 0. The van der Waals surface area contributed by atoms with Crippen molar-refractivity contribution in [3.05, 3.63) is 95.3 Å². The Bertz CT molecular complexity index is 1250. The van der Waals surface area contributed by atoms with E-state index in [4.69, 9.17) is 8.92 Å². The second-order valence-electron chi connectivity index (χ2n) is 6.11. The number of ether oxygens (including phenoxy) is 1. The molecule has 1 aliphatic rings. The van der Waals surface area contributed by atoms with E-state index in [9.17, 15) is 22.0 Å². The number of Topliss-reactive ketones (excluding diaryl/α,β-unsaturated/α-hetero) is 1. The average Bonchev–Trinajstić information content (AvgIpc) is 2.98. The molecule has 0 unspecified atom stereocenters. The Morgan fingerprint density at radius 2 is 1.66 bits per heavy atom. The summed E-state index contributed by atoms with van der Waals surface area (Å²) < 4.78 is 62.0. The fourth-order valence-corrected chi connectivity index (χ4v) is 3.65. The molecule has 8 heteroatoms. The van der Waals surface area contributed by atoms with E-state index in [2.05, 4.69) is 0 Å². The van der Waals surface area contributed by atoms with E-state index in [-0.39, 0.29) is 33.3 Å². The highest BCUT2D eigenvalue weighted by Gasteiger charge is 2.29. The Morgan fingerprint density at radius 1 is 0.931 bits per heavy atom. The van der Waals surface area contributed by atoms with E-state index in [1.54, 1.807) is 6.07 Å². The smallest absolute Gasteiger partial charge is 0.339 e. The van der Waals surface area contributed by atoms with Gasteiger partial charge < -0.3 is 8.92 Å². The minimum atomic E-state index is -4.20. The molecule has 0 saturated carbocycles. The third-order valence-electron chi connectivity index (χ3n) is 4.14. The van der Waals surface area contributed by atoms with Crippen molar-refractivity contribution in [3.8, 4) is 11.5 Å². The monoisotopic (exact) mass is 414 g/mol. The summed E-state index contributed by atoms with van der Waals surface area (Å²) in [6, 6.07) is 13.9. The molecule has 29 heavy (non-hydrogen) atoms. The molecule has 3 aromatic rings. The molecule has 0 aromatic heterocycles. The van der Waals surface area contributed by atoms with Gasteiger partial charge >= 0.3 is 10.1 Å². The minimum absolute atomic E-state index is 0.0874. The van der Waals surface area contributed by atoms with Crippen molar-refractivity contribution in [1.82, 2.24) is 0 Å². The van der Waals surface area contributed by atoms with Gasteiger partial charge in [-0.1, -0.05) is 18.2 Å². The maximum atomic E-state index is 13.8. The van der Waals surface area contributed by atoms with Crippen molar-refractivity contribution < 1.29 is 30.9 Å². The number of hydrogen-bond donors (Lipinski definition) is 0. The number of benzene rings is 3. The molecule has 0 bridgehead atoms. The Morgan fingerprint density at radius 3 is 2.38 bits per heavy atom. The third kappa shape index (κ3) is 3.74. The summed E-state index contributed by atoms with van der Waals surface area (Å²) in [5.74, 6) is -1.65. The van der Waals surface area contributed by atoms with Gasteiger partial charge in [0.05, 0.1) is 5.56 Å². The van der Waals surface area contributed by atoms with Crippen LogP contribution in [0.2, 0.25) is 0 Å². The van der Waals surface area contributed by atoms with E-state index in [0.29, 0.717) is 0 Å². The Kier molecular flexibility index (Phi) is 4.63. The zero-order valence-corrected chi connectivity index (χ0v) is 15.5. The lowest BCUT2D eigenvalue weighted by Gasteiger charge is -2.08. The predicted molar refractivity (Wildman–Crippen MR) is 100.0 cm³/mol. The fourth-order valence-electron chi connectivity index (χ4n) is 2.73. The van der Waals surface area contributed by atoms with Gasteiger partial charge in [-0.2, -0.15) is 8.42 Å². The van der Waals surface area contributed by atoms with Crippen LogP contribution in [0.15, 0.2) is 77.4 Å². The van der Waals surface area contributed by atoms with Crippen molar-refractivity contribution in [1.29, 1.82) is 0 Å². The second kappa shape index (κ2) is 7.14. The lowest BCUT2D eigenvalue weighted by atomic mass is 10.1. The van der Waals surface area contributed by atoms with Crippen molar-refractivity contribution in [2.75, 3.05) is 0 Å². The van der Waals surface area contributed by atoms with Crippen LogP contribution in [-0.4, -0.2) is 14.2 Å². The van der Waals surface area contributed by atoms with Gasteiger partial charge in [-0.25, -0.2) is 8.78 Å². The molecule has 0 amide bonds. The average molecular weight is 414 g/mol. The quantitative estimate of drug-likeness (QED) is 0.469. The minimum Gasteiger partial charge on any atom is -0.452 e. The zero-order chi connectivity index (χ0) is 20.6. The largest absolute Gasteiger partial charge is 0.452 e. The molecule has 3 aromatic carbocycles. The molecule has 0 fully saturated rings. The second-order valence-corrected chi connectivity index (χ2v) is 7.66. The molecule has 0 saturated heterocycles. The topological polar surface area (TPSA) is 69.7 Å². The Hall–Kier alpha value is -3.52. The maximum absolute atomic E-state index is 13.8.